The summed E-state index contributed by atoms with van der Waals surface area (Å²) < 4.78 is 0. The fourth-order valence-corrected chi connectivity index (χ4v) is 1.31. The highest BCUT2D eigenvalue weighted by atomic mass is 16.6. The molecule has 4 nitrogen and oxygen atoms in total. The largest absolute Gasteiger partial charge is 0.310 e. The third kappa shape index (κ3) is 4.15. The molecule has 0 fully saturated rings. The van der Waals surface area contributed by atoms with Crippen molar-refractivity contribution in [2.45, 2.75) is 40.3 Å². The van der Waals surface area contributed by atoms with Crippen molar-refractivity contribution in [2.75, 3.05) is 0 Å². The molecule has 0 aliphatic heterocycles. The van der Waals surface area contributed by atoms with Gasteiger partial charge in [-0.05, 0) is 17.9 Å². The van der Waals surface area contributed by atoms with Crippen molar-refractivity contribution in [3.63, 3.8) is 0 Å². The molecule has 94 valence electrons. The zero-order valence-electron chi connectivity index (χ0n) is 10.9. The van der Waals surface area contributed by atoms with Gasteiger partial charge in [-0.25, -0.2) is 0 Å². The average Bonchev–Trinajstić information content (AvgIpc) is 2.25. The van der Waals surface area contributed by atoms with Crippen LogP contribution in [0.4, 0.5) is 5.69 Å². The van der Waals surface area contributed by atoms with E-state index < -0.39 is 0 Å². The molecule has 0 saturated heterocycles. The second kappa shape index (κ2) is 5.27. The summed E-state index contributed by atoms with van der Waals surface area (Å²) in [6.45, 7) is 9.42. The van der Waals surface area contributed by atoms with Gasteiger partial charge in [0.2, 0.25) is 0 Å². The fraction of sp³-hybridized carbons (Fsp3) is 0.538. The van der Waals surface area contributed by atoms with Gasteiger partial charge in [0.25, 0.3) is 5.69 Å². The normalized spacial score (nSPS) is 13.4. The molecule has 0 amide bonds. The average molecular weight is 236 g/mol. The highest BCUT2D eigenvalue weighted by molar-refractivity contribution is 5.32. The van der Waals surface area contributed by atoms with E-state index in [1.165, 1.54) is 0 Å². The van der Waals surface area contributed by atoms with Crippen molar-refractivity contribution in [3.05, 3.63) is 39.9 Å². The highest BCUT2D eigenvalue weighted by Gasteiger charge is 2.18. The van der Waals surface area contributed by atoms with Gasteiger partial charge >= 0.3 is 0 Å². The van der Waals surface area contributed by atoms with Crippen LogP contribution in [0.15, 0.2) is 24.3 Å². The van der Waals surface area contributed by atoms with E-state index in [0.717, 1.165) is 12.1 Å². The van der Waals surface area contributed by atoms with Crippen LogP contribution in [0, 0.1) is 15.5 Å². The van der Waals surface area contributed by atoms with E-state index in [0.29, 0.717) is 6.04 Å². The molecule has 4 heteroatoms. The quantitative estimate of drug-likeness (QED) is 0.645. The van der Waals surface area contributed by atoms with E-state index in [4.69, 9.17) is 0 Å². The van der Waals surface area contributed by atoms with Crippen LogP contribution >= 0.6 is 0 Å². The standard InChI is InChI=1S/C13H20N2O2/c1-10(13(2,3)4)14-9-11-5-7-12(8-6-11)15(16)17/h5-8,10,14H,9H2,1-4H3. The van der Waals surface area contributed by atoms with E-state index in [-0.39, 0.29) is 16.0 Å². The molecule has 0 aliphatic rings. The summed E-state index contributed by atoms with van der Waals surface area (Å²) in [5.41, 5.74) is 1.41. The van der Waals surface area contributed by atoms with Crippen LogP contribution in [0.1, 0.15) is 33.3 Å². The minimum atomic E-state index is -0.380. The first kappa shape index (κ1) is 13.6. The number of benzene rings is 1. The number of hydrogen-bond donors (Lipinski definition) is 1. The van der Waals surface area contributed by atoms with Gasteiger partial charge in [0.15, 0.2) is 0 Å². The number of nitrogens with zero attached hydrogens (tertiary/aromatic N) is 1. The third-order valence-electron chi connectivity index (χ3n) is 3.06. The van der Waals surface area contributed by atoms with Crippen LogP contribution in [0.25, 0.3) is 0 Å². The summed E-state index contributed by atoms with van der Waals surface area (Å²) in [6, 6.07) is 7.05. The minimum absolute atomic E-state index is 0.137. The van der Waals surface area contributed by atoms with Crippen LogP contribution in [0.3, 0.4) is 0 Å². The molecule has 0 bridgehead atoms. The van der Waals surface area contributed by atoms with Gasteiger partial charge in [0.05, 0.1) is 4.92 Å². The molecule has 0 heterocycles. The first-order valence-corrected chi connectivity index (χ1v) is 5.77. The van der Waals surface area contributed by atoms with E-state index >= 15 is 0 Å². The van der Waals surface area contributed by atoms with Crippen molar-refractivity contribution >= 4 is 5.69 Å². The first-order valence-electron chi connectivity index (χ1n) is 5.77. The lowest BCUT2D eigenvalue weighted by Crippen LogP contribution is -2.37. The Morgan fingerprint density at radius 3 is 2.24 bits per heavy atom. The molecule has 0 saturated carbocycles. The van der Waals surface area contributed by atoms with Crippen LogP contribution < -0.4 is 5.32 Å². The topological polar surface area (TPSA) is 55.2 Å². The van der Waals surface area contributed by atoms with Crippen LogP contribution in [-0.2, 0) is 6.54 Å². The van der Waals surface area contributed by atoms with Gasteiger partial charge in [0, 0.05) is 24.7 Å². The SMILES string of the molecule is CC(NCc1ccc([N+](=O)[O-])cc1)C(C)(C)C. The predicted octanol–water partition coefficient (Wildman–Crippen LogP) is 3.12. The Morgan fingerprint density at radius 2 is 1.82 bits per heavy atom. The van der Waals surface area contributed by atoms with Gasteiger partial charge in [-0.2, -0.15) is 0 Å². The van der Waals surface area contributed by atoms with Crippen molar-refractivity contribution in [1.29, 1.82) is 0 Å². The molecule has 0 radical (unpaired) electrons. The molecule has 0 aromatic heterocycles. The van der Waals surface area contributed by atoms with Crippen LogP contribution in [0.5, 0.6) is 0 Å². The molecule has 1 rings (SSSR count). The monoisotopic (exact) mass is 236 g/mol. The zero-order valence-corrected chi connectivity index (χ0v) is 10.9. The minimum Gasteiger partial charge on any atom is -0.310 e. The van der Waals surface area contributed by atoms with Crippen molar-refractivity contribution < 1.29 is 4.92 Å². The lowest BCUT2D eigenvalue weighted by Gasteiger charge is -2.28. The second-order valence-corrected chi connectivity index (χ2v) is 5.39. The van der Waals surface area contributed by atoms with Crippen molar-refractivity contribution in [2.24, 2.45) is 5.41 Å². The molecule has 1 atom stereocenters. The number of hydrogen-bond acceptors (Lipinski definition) is 3. The lowest BCUT2D eigenvalue weighted by atomic mass is 9.88. The fourth-order valence-electron chi connectivity index (χ4n) is 1.31. The smallest absolute Gasteiger partial charge is 0.269 e. The number of rotatable bonds is 4. The van der Waals surface area contributed by atoms with Gasteiger partial charge in [0.1, 0.15) is 0 Å². The van der Waals surface area contributed by atoms with E-state index in [1.807, 2.05) is 0 Å². The Kier molecular flexibility index (Phi) is 4.23. The summed E-state index contributed by atoms with van der Waals surface area (Å²) in [5, 5.41) is 13.9. The Balaban J connectivity index is 2.56. The third-order valence-corrected chi connectivity index (χ3v) is 3.06. The molecule has 0 spiro atoms. The number of non-ortho nitro benzene ring substituents is 1. The molecule has 1 aromatic rings. The van der Waals surface area contributed by atoms with E-state index in [2.05, 4.69) is 33.0 Å². The number of nitro benzene ring substituents is 1. The summed E-state index contributed by atoms with van der Waals surface area (Å²) in [4.78, 5) is 10.1. The number of nitrogens with one attached hydrogen (secondary N) is 1. The van der Waals surface area contributed by atoms with Gasteiger partial charge in [-0.3, -0.25) is 10.1 Å². The van der Waals surface area contributed by atoms with Crippen molar-refractivity contribution in [3.8, 4) is 0 Å². The maximum Gasteiger partial charge on any atom is 0.269 e. The summed E-state index contributed by atoms with van der Waals surface area (Å²) in [5.74, 6) is 0. The molecule has 0 aliphatic carbocycles. The molecule has 1 aromatic carbocycles. The maximum atomic E-state index is 10.5. The molecular weight excluding hydrogens is 216 g/mol. The molecule has 1 unspecified atom stereocenters. The Morgan fingerprint density at radius 1 is 1.29 bits per heavy atom. The Hall–Kier alpha value is -1.42. The molecule has 17 heavy (non-hydrogen) atoms. The number of nitro groups is 1. The van der Waals surface area contributed by atoms with Crippen LogP contribution in [0.2, 0.25) is 0 Å². The zero-order chi connectivity index (χ0) is 13.1. The molecule has 1 N–H and O–H groups in total. The molecular formula is C13H20N2O2. The Bertz CT molecular complexity index is 379. The summed E-state index contributed by atoms with van der Waals surface area (Å²) in [6.07, 6.45) is 0. The maximum absolute atomic E-state index is 10.5. The lowest BCUT2D eigenvalue weighted by molar-refractivity contribution is -0.384. The van der Waals surface area contributed by atoms with Crippen molar-refractivity contribution in [1.82, 2.24) is 5.32 Å². The summed E-state index contributed by atoms with van der Waals surface area (Å²) in [7, 11) is 0. The van der Waals surface area contributed by atoms with Gasteiger partial charge in [-0.1, -0.05) is 32.9 Å². The highest BCUT2D eigenvalue weighted by Crippen LogP contribution is 2.19. The predicted molar refractivity (Wildman–Crippen MR) is 68.9 cm³/mol. The van der Waals surface area contributed by atoms with Crippen LogP contribution in [-0.4, -0.2) is 11.0 Å². The van der Waals surface area contributed by atoms with Gasteiger partial charge in [-0.15, -0.1) is 0 Å². The van der Waals surface area contributed by atoms with E-state index in [9.17, 15) is 10.1 Å². The van der Waals surface area contributed by atoms with Gasteiger partial charge < -0.3 is 5.32 Å². The summed E-state index contributed by atoms with van der Waals surface area (Å²) >= 11 is 0. The second-order valence-electron chi connectivity index (χ2n) is 5.39. The Labute approximate surface area is 102 Å². The first-order chi connectivity index (χ1) is 7.80. The van der Waals surface area contributed by atoms with E-state index in [1.54, 1.807) is 24.3 Å².